The average molecular weight is 228 g/mol. The van der Waals surface area contributed by atoms with Gasteiger partial charge in [0.15, 0.2) is 0 Å². The largest absolute Gasteiger partial charge is 0.380 e. The highest BCUT2D eigenvalue weighted by Gasteiger charge is 2.28. The molecule has 1 fully saturated rings. The van der Waals surface area contributed by atoms with Crippen molar-refractivity contribution in [3.63, 3.8) is 0 Å². The molecule has 0 aromatic rings. The molecule has 94 valence electrons. The topological polar surface area (TPSA) is 55.6 Å². The third kappa shape index (κ3) is 3.76. The molecule has 0 aromatic heterocycles. The molecule has 0 aliphatic carbocycles. The van der Waals surface area contributed by atoms with Gasteiger partial charge in [-0.2, -0.15) is 0 Å². The zero-order valence-corrected chi connectivity index (χ0v) is 10.7. The maximum Gasteiger partial charge on any atom is 0.225 e. The smallest absolute Gasteiger partial charge is 0.225 e. The minimum Gasteiger partial charge on any atom is -0.380 e. The molecule has 1 amide bonds. The number of ether oxygens (including phenoxy) is 1. The fourth-order valence-electron chi connectivity index (χ4n) is 1.95. The third-order valence-corrected chi connectivity index (χ3v) is 3.47. The SMILES string of the molecule is COC(CN)CC(=O)N1CCC(C)(C)CC1. The van der Waals surface area contributed by atoms with E-state index in [0.717, 1.165) is 25.9 Å². The molecule has 1 aliphatic heterocycles. The van der Waals surface area contributed by atoms with Crippen molar-refractivity contribution in [1.82, 2.24) is 4.90 Å². The van der Waals surface area contributed by atoms with E-state index < -0.39 is 0 Å². The summed E-state index contributed by atoms with van der Waals surface area (Å²) in [5.74, 6) is 0.174. The fraction of sp³-hybridized carbons (Fsp3) is 0.917. The summed E-state index contributed by atoms with van der Waals surface area (Å²) in [6.45, 7) is 6.65. The number of rotatable bonds is 4. The molecule has 2 N–H and O–H groups in total. The molecule has 0 aromatic carbocycles. The summed E-state index contributed by atoms with van der Waals surface area (Å²) in [7, 11) is 1.60. The molecule has 0 spiro atoms. The first kappa shape index (κ1) is 13.5. The molecule has 0 radical (unpaired) electrons. The summed E-state index contributed by atoms with van der Waals surface area (Å²) in [6, 6.07) is 0. The van der Waals surface area contributed by atoms with Gasteiger partial charge in [-0.3, -0.25) is 4.79 Å². The quantitative estimate of drug-likeness (QED) is 0.781. The van der Waals surface area contributed by atoms with Crippen LogP contribution in [0.1, 0.15) is 33.1 Å². The van der Waals surface area contributed by atoms with E-state index in [9.17, 15) is 4.79 Å². The average Bonchev–Trinajstić information content (AvgIpc) is 2.25. The van der Waals surface area contributed by atoms with Crippen LogP contribution in [-0.4, -0.2) is 43.7 Å². The predicted molar refractivity (Wildman–Crippen MR) is 64.1 cm³/mol. The summed E-state index contributed by atoms with van der Waals surface area (Å²) in [6.07, 6.45) is 2.44. The van der Waals surface area contributed by atoms with Gasteiger partial charge in [-0.05, 0) is 18.3 Å². The molecule has 1 atom stereocenters. The normalized spacial score (nSPS) is 21.9. The number of hydrogen-bond donors (Lipinski definition) is 1. The molecule has 1 unspecified atom stereocenters. The van der Waals surface area contributed by atoms with Crippen LogP contribution in [0.4, 0.5) is 0 Å². The molecule has 16 heavy (non-hydrogen) atoms. The number of nitrogens with two attached hydrogens (primary N) is 1. The maximum atomic E-state index is 11.9. The predicted octanol–water partition coefficient (Wildman–Crippen LogP) is 0.999. The van der Waals surface area contributed by atoms with E-state index in [2.05, 4.69) is 13.8 Å². The Morgan fingerprint density at radius 2 is 2.00 bits per heavy atom. The van der Waals surface area contributed by atoms with Crippen molar-refractivity contribution in [1.29, 1.82) is 0 Å². The Bertz CT molecular complexity index is 227. The highest BCUT2D eigenvalue weighted by atomic mass is 16.5. The Hall–Kier alpha value is -0.610. The zero-order valence-electron chi connectivity index (χ0n) is 10.7. The first-order valence-corrected chi connectivity index (χ1v) is 5.99. The van der Waals surface area contributed by atoms with Crippen molar-refractivity contribution in [3.05, 3.63) is 0 Å². The molecule has 1 aliphatic rings. The summed E-state index contributed by atoms with van der Waals surface area (Å²) in [5, 5.41) is 0. The molecule has 1 heterocycles. The lowest BCUT2D eigenvalue weighted by molar-refractivity contribution is -0.135. The van der Waals surface area contributed by atoms with Gasteiger partial charge in [-0.1, -0.05) is 13.8 Å². The van der Waals surface area contributed by atoms with Crippen molar-refractivity contribution in [2.75, 3.05) is 26.7 Å². The number of likely N-dealkylation sites (tertiary alicyclic amines) is 1. The number of nitrogens with zero attached hydrogens (tertiary/aromatic N) is 1. The summed E-state index contributed by atoms with van der Waals surface area (Å²) < 4.78 is 5.13. The number of piperidine rings is 1. The minimum absolute atomic E-state index is 0.137. The van der Waals surface area contributed by atoms with Gasteiger partial charge in [0.25, 0.3) is 0 Å². The lowest BCUT2D eigenvalue weighted by Gasteiger charge is -2.37. The maximum absolute atomic E-state index is 11.9. The van der Waals surface area contributed by atoms with Crippen LogP contribution >= 0.6 is 0 Å². The van der Waals surface area contributed by atoms with Gasteiger partial charge >= 0.3 is 0 Å². The standard InChI is InChI=1S/C12H24N2O2/c1-12(2)4-6-14(7-5-12)11(15)8-10(9-13)16-3/h10H,4-9,13H2,1-3H3. The van der Waals surface area contributed by atoms with Gasteiger partial charge in [0.05, 0.1) is 12.5 Å². The van der Waals surface area contributed by atoms with E-state index in [1.165, 1.54) is 0 Å². The van der Waals surface area contributed by atoms with E-state index in [-0.39, 0.29) is 12.0 Å². The molecule has 0 saturated carbocycles. The van der Waals surface area contributed by atoms with E-state index in [4.69, 9.17) is 10.5 Å². The van der Waals surface area contributed by atoms with Crippen molar-refractivity contribution >= 4 is 5.91 Å². The highest BCUT2D eigenvalue weighted by molar-refractivity contribution is 5.76. The van der Waals surface area contributed by atoms with Gasteiger partial charge in [0, 0.05) is 26.7 Å². The van der Waals surface area contributed by atoms with Crippen LogP contribution in [-0.2, 0) is 9.53 Å². The Labute approximate surface area is 98.1 Å². The number of carbonyl (C=O) groups excluding carboxylic acids is 1. The summed E-state index contributed by atoms with van der Waals surface area (Å²) in [5.41, 5.74) is 5.89. The van der Waals surface area contributed by atoms with Gasteiger partial charge in [-0.25, -0.2) is 0 Å². The Morgan fingerprint density at radius 1 is 1.44 bits per heavy atom. The van der Waals surface area contributed by atoms with Crippen LogP contribution in [0, 0.1) is 5.41 Å². The van der Waals surface area contributed by atoms with Crippen molar-refractivity contribution in [3.8, 4) is 0 Å². The first-order chi connectivity index (χ1) is 7.48. The fourth-order valence-corrected chi connectivity index (χ4v) is 1.95. The highest BCUT2D eigenvalue weighted by Crippen LogP contribution is 2.29. The molecule has 1 rings (SSSR count). The van der Waals surface area contributed by atoms with Gasteiger partial charge in [0.2, 0.25) is 5.91 Å². The molecule has 4 nitrogen and oxygen atoms in total. The molecule has 0 bridgehead atoms. The third-order valence-electron chi connectivity index (χ3n) is 3.47. The number of amides is 1. The van der Waals surface area contributed by atoms with Crippen LogP contribution in [0.2, 0.25) is 0 Å². The Balaban J connectivity index is 2.38. The van der Waals surface area contributed by atoms with Crippen molar-refractivity contribution in [2.24, 2.45) is 11.1 Å². The second-order valence-corrected chi connectivity index (χ2v) is 5.34. The van der Waals surface area contributed by atoms with E-state index in [1.54, 1.807) is 7.11 Å². The van der Waals surface area contributed by atoms with E-state index in [1.807, 2.05) is 4.90 Å². The number of hydrogen-bond acceptors (Lipinski definition) is 3. The number of methoxy groups -OCH3 is 1. The summed E-state index contributed by atoms with van der Waals surface area (Å²) in [4.78, 5) is 13.9. The summed E-state index contributed by atoms with van der Waals surface area (Å²) >= 11 is 0. The van der Waals surface area contributed by atoms with Gasteiger partial charge in [0.1, 0.15) is 0 Å². The van der Waals surface area contributed by atoms with Crippen molar-refractivity contribution < 1.29 is 9.53 Å². The van der Waals surface area contributed by atoms with Gasteiger partial charge < -0.3 is 15.4 Å². The van der Waals surface area contributed by atoms with E-state index >= 15 is 0 Å². The lowest BCUT2D eigenvalue weighted by Crippen LogP contribution is -2.43. The molecule has 1 saturated heterocycles. The van der Waals surface area contributed by atoms with Crippen LogP contribution in [0.25, 0.3) is 0 Å². The van der Waals surface area contributed by atoms with Crippen LogP contribution in [0.3, 0.4) is 0 Å². The van der Waals surface area contributed by atoms with Crippen LogP contribution in [0.15, 0.2) is 0 Å². The monoisotopic (exact) mass is 228 g/mol. The van der Waals surface area contributed by atoms with Crippen molar-refractivity contribution in [2.45, 2.75) is 39.2 Å². The van der Waals surface area contributed by atoms with E-state index in [0.29, 0.717) is 18.4 Å². The Kier molecular flexibility index (Phi) is 4.74. The van der Waals surface area contributed by atoms with Crippen LogP contribution < -0.4 is 5.73 Å². The zero-order chi connectivity index (χ0) is 12.2. The van der Waals surface area contributed by atoms with Gasteiger partial charge in [-0.15, -0.1) is 0 Å². The lowest BCUT2D eigenvalue weighted by atomic mass is 9.82. The second-order valence-electron chi connectivity index (χ2n) is 5.34. The molecular weight excluding hydrogens is 204 g/mol. The number of carbonyl (C=O) groups is 1. The second kappa shape index (κ2) is 5.64. The van der Waals surface area contributed by atoms with Crippen LogP contribution in [0.5, 0.6) is 0 Å². The molecule has 4 heteroatoms. The minimum atomic E-state index is -0.137. The first-order valence-electron chi connectivity index (χ1n) is 5.99. The Morgan fingerprint density at radius 3 is 2.44 bits per heavy atom. The molecular formula is C12H24N2O2.